The van der Waals surface area contributed by atoms with Gasteiger partial charge in [-0.3, -0.25) is 4.79 Å². The van der Waals surface area contributed by atoms with E-state index in [2.05, 4.69) is 48.0 Å². The van der Waals surface area contributed by atoms with Gasteiger partial charge in [-0.1, -0.05) is 19.1 Å². The molecule has 0 saturated carbocycles. The van der Waals surface area contributed by atoms with Crippen LogP contribution in [-0.4, -0.2) is 36.0 Å². The van der Waals surface area contributed by atoms with Crippen LogP contribution < -0.4 is 16.0 Å². The monoisotopic (exact) mass is 492 g/mol. The summed E-state index contributed by atoms with van der Waals surface area (Å²) in [4.78, 5) is 16.4. The summed E-state index contributed by atoms with van der Waals surface area (Å²) in [6.45, 7) is 10.7. The van der Waals surface area contributed by atoms with Crippen molar-refractivity contribution in [3.05, 3.63) is 29.8 Å². The van der Waals surface area contributed by atoms with Gasteiger partial charge < -0.3 is 16.0 Å². The summed E-state index contributed by atoms with van der Waals surface area (Å²) in [6, 6.07) is 7.86. The highest BCUT2D eigenvalue weighted by molar-refractivity contribution is 14.0. The summed E-state index contributed by atoms with van der Waals surface area (Å²) in [5.41, 5.74) is 1.89. The number of hydrogen-bond donors (Lipinski definition) is 3. The van der Waals surface area contributed by atoms with Gasteiger partial charge in [0.05, 0.1) is 6.54 Å². The maximum atomic E-state index is 11.7. The van der Waals surface area contributed by atoms with Gasteiger partial charge in [0, 0.05) is 29.9 Å². The number of hydrogen-bond acceptors (Lipinski definition) is 3. The molecule has 1 rings (SSSR count). The zero-order valence-electron chi connectivity index (χ0n) is 16.5. The summed E-state index contributed by atoms with van der Waals surface area (Å²) >= 11 is 1.83. The maximum absolute atomic E-state index is 11.7. The summed E-state index contributed by atoms with van der Waals surface area (Å²) in [5.74, 6) is 0.863. The van der Waals surface area contributed by atoms with E-state index in [0.29, 0.717) is 13.0 Å². The van der Waals surface area contributed by atoms with Crippen molar-refractivity contribution >= 4 is 53.3 Å². The highest BCUT2D eigenvalue weighted by Gasteiger charge is 2.16. The number of thioether (sulfide) groups is 1. The van der Waals surface area contributed by atoms with E-state index in [1.54, 1.807) is 0 Å². The molecule has 0 atom stereocenters. The van der Waals surface area contributed by atoms with Gasteiger partial charge in [0.1, 0.15) is 0 Å². The van der Waals surface area contributed by atoms with Crippen LogP contribution in [0.2, 0.25) is 0 Å². The molecule has 0 unspecified atom stereocenters. The fourth-order valence-electron chi connectivity index (χ4n) is 2.08. The Bertz CT molecular complexity index is 578. The van der Waals surface area contributed by atoms with Gasteiger partial charge in [0.25, 0.3) is 0 Å². The van der Waals surface area contributed by atoms with Gasteiger partial charge in [-0.25, -0.2) is 4.99 Å². The number of carbonyl (C=O) groups excluding carboxylic acids is 1. The van der Waals surface area contributed by atoms with E-state index < -0.39 is 0 Å². The lowest BCUT2D eigenvalue weighted by Gasteiger charge is -2.23. The Morgan fingerprint density at radius 3 is 2.58 bits per heavy atom. The van der Waals surface area contributed by atoms with Crippen LogP contribution in [0.4, 0.5) is 5.69 Å². The van der Waals surface area contributed by atoms with Crippen LogP contribution in [0.1, 0.15) is 46.1 Å². The van der Waals surface area contributed by atoms with Crippen molar-refractivity contribution in [1.29, 1.82) is 0 Å². The summed E-state index contributed by atoms with van der Waals surface area (Å²) < 4.78 is 0.152. The van der Waals surface area contributed by atoms with E-state index in [-0.39, 0.29) is 34.6 Å². The molecule has 7 heteroatoms. The number of benzene rings is 1. The topological polar surface area (TPSA) is 65.5 Å². The summed E-state index contributed by atoms with van der Waals surface area (Å²) in [6.07, 6.45) is 3.51. The van der Waals surface area contributed by atoms with Gasteiger partial charge in [-0.05, 0) is 51.1 Å². The van der Waals surface area contributed by atoms with E-state index >= 15 is 0 Å². The second-order valence-electron chi connectivity index (χ2n) is 6.51. The fourth-order valence-corrected chi connectivity index (χ4v) is 2.30. The fraction of sp³-hybridized carbons (Fsp3) is 0.579. The van der Waals surface area contributed by atoms with Gasteiger partial charge in [0.15, 0.2) is 5.96 Å². The summed E-state index contributed by atoms with van der Waals surface area (Å²) in [5, 5.41) is 9.59. The minimum absolute atomic E-state index is 0. The van der Waals surface area contributed by atoms with E-state index in [0.717, 1.165) is 36.7 Å². The molecule has 148 valence electrons. The number of rotatable bonds is 9. The molecule has 0 saturated heterocycles. The molecule has 5 nitrogen and oxygen atoms in total. The predicted octanol–water partition coefficient (Wildman–Crippen LogP) is 4.24. The van der Waals surface area contributed by atoms with Crippen LogP contribution in [0.25, 0.3) is 0 Å². The van der Waals surface area contributed by atoms with Crippen LogP contribution in [0.5, 0.6) is 0 Å². The quantitative estimate of drug-likeness (QED) is 0.274. The number of carbonyl (C=O) groups is 1. The lowest BCUT2D eigenvalue weighted by atomic mass is 10.2. The van der Waals surface area contributed by atoms with E-state index in [1.165, 1.54) is 0 Å². The number of guanidine groups is 1. The Labute approximate surface area is 179 Å². The third-order valence-electron chi connectivity index (χ3n) is 3.69. The standard InChI is InChI=1S/C19H32N4OS.HI/c1-6-9-17(24)23-16-11-8-10-15(12-16)13-21-18(20-7-2)22-14-19(3,4)25-5;/h8,10-12H,6-7,9,13-14H2,1-5H3,(H,23,24)(H2,20,21,22);1H. The third kappa shape index (κ3) is 10.3. The molecule has 0 spiro atoms. The molecule has 0 fully saturated rings. The Hall–Kier alpha value is -0.960. The zero-order valence-corrected chi connectivity index (χ0v) is 19.7. The zero-order chi connectivity index (χ0) is 18.7. The van der Waals surface area contributed by atoms with E-state index in [1.807, 2.05) is 43.0 Å². The first kappa shape index (κ1) is 25.0. The average Bonchev–Trinajstić information content (AvgIpc) is 2.58. The lowest BCUT2D eigenvalue weighted by molar-refractivity contribution is -0.116. The number of aliphatic imine (C=N–C) groups is 1. The van der Waals surface area contributed by atoms with E-state index in [4.69, 9.17) is 0 Å². The highest BCUT2D eigenvalue weighted by Crippen LogP contribution is 2.19. The largest absolute Gasteiger partial charge is 0.357 e. The van der Waals surface area contributed by atoms with Gasteiger partial charge >= 0.3 is 0 Å². The molecule has 0 heterocycles. The van der Waals surface area contributed by atoms with Crippen molar-refractivity contribution in [2.45, 2.75) is 51.8 Å². The molecule has 0 radical (unpaired) electrons. The SMILES string of the molecule is CCCC(=O)Nc1cccc(CN=C(NCC)NCC(C)(C)SC)c1.I. The molecule has 0 aliphatic carbocycles. The molecular weight excluding hydrogens is 459 g/mol. The average molecular weight is 492 g/mol. The van der Waals surface area contributed by atoms with Crippen molar-refractivity contribution in [3.63, 3.8) is 0 Å². The highest BCUT2D eigenvalue weighted by atomic mass is 127. The minimum atomic E-state index is 0. The number of amides is 1. The van der Waals surface area contributed by atoms with E-state index in [9.17, 15) is 4.79 Å². The molecule has 26 heavy (non-hydrogen) atoms. The predicted molar refractivity (Wildman–Crippen MR) is 126 cm³/mol. The summed E-state index contributed by atoms with van der Waals surface area (Å²) in [7, 11) is 0. The Morgan fingerprint density at radius 1 is 1.23 bits per heavy atom. The number of halogens is 1. The number of anilines is 1. The van der Waals surface area contributed by atoms with Crippen LogP contribution in [0.3, 0.4) is 0 Å². The molecular formula is C19H33IN4OS. The maximum Gasteiger partial charge on any atom is 0.224 e. The number of nitrogens with one attached hydrogen (secondary N) is 3. The van der Waals surface area contributed by atoms with Crippen molar-refractivity contribution < 1.29 is 4.79 Å². The van der Waals surface area contributed by atoms with Crippen LogP contribution in [-0.2, 0) is 11.3 Å². The first-order valence-corrected chi connectivity index (χ1v) is 10.1. The molecule has 1 aromatic rings. The van der Waals surface area contributed by atoms with Crippen molar-refractivity contribution in [2.75, 3.05) is 24.7 Å². The molecule has 0 aliphatic rings. The van der Waals surface area contributed by atoms with Gasteiger partial charge in [-0.15, -0.1) is 24.0 Å². The molecule has 3 N–H and O–H groups in total. The molecule has 0 aromatic heterocycles. The number of nitrogens with zero attached hydrogens (tertiary/aromatic N) is 1. The first-order valence-electron chi connectivity index (χ1n) is 8.86. The van der Waals surface area contributed by atoms with Crippen molar-refractivity contribution in [3.8, 4) is 0 Å². The second-order valence-corrected chi connectivity index (χ2v) is 8.02. The molecule has 1 amide bonds. The minimum Gasteiger partial charge on any atom is -0.357 e. The smallest absolute Gasteiger partial charge is 0.224 e. The van der Waals surface area contributed by atoms with Gasteiger partial charge in [-0.2, -0.15) is 11.8 Å². The lowest BCUT2D eigenvalue weighted by Crippen LogP contribution is -2.43. The van der Waals surface area contributed by atoms with Crippen molar-refractivity contribution in [2.24, 2.45) is 4.99 Å². The van der Waals surface area contributed by atoms with Crippen LogP contribution >= 0.6 is 35.7 Å². The Kier molecular flexibility index (Phi) is 12.8. The van der Waals surface area contributed by atoms with Crippen LogP contribution in [0, 0.1) is 0 Å². The van der Waals surface area contributed by atoms with Crippen LogP contribution in [0.15, 0.2) is 29.3 Å². The normalized spacial score (nSPS) is 11.5. The molecule has 1 aromatic carbocycles. The second kappa shape index (κ2) is 13.2. The van der Waals surface area contributed by atoms with Crippen molar-refractivity contribution in [1.82, 2.24) is 10.6 Å². The molecule has 0 aliphatic heterocycles. The third-order valence-corrected chi connectivity index (χ3v) is 4.94. The van der Waals surface area contributed by atoms with Gasteiger partial charge in [0.2, 0.25) is 5.91 Å². The molecule has 0 bridgehead atoms. The Morgan fingerprint density at radius 2 is 1.96 bits per heavy atom. The first-order chi connectivity index (χ1) is 11.9. The Balaban J connectivity index is 0.00000625.